The third-order valence-electron chi connectivity index (χ3n) is 3.61. The largest absolute Gasteiger partial charge is 0.378 e. The van der Waals surface area contributed by atoms with Crippen LogP contribution < -0.4 is 4.90 Å². The molecule has 3 aromatic rings. The van der Waals surface area contributed by atoms with Gasteiger partial charge in [-0.05, 0) is 24.3 Å². The van der Waals surface area contributed by atoms with Gasteiger partial charge >= 0.3 is 0 Å². The Bertz CT molecular complexity index is 814. The Morgan fingerprint density at radius 1 is 1.14 bits per heavy atom. The number of ether oxygens (including phenoxy) is 1. The van der Waals surface area contributed by atoms with Crippen LogP contribution in [0.2, 0.25) is 0 Å². The van der Waals surface area contributed by atoms with Gasteiger partial charge in [-0.25, -0.2) is 9.97 Å². The van der Waals surface area contributed by atoms with Gasteiger partial charge in [-0.1, -0.05) is 21.1 Å². The number of hydrogen-bond donors (Lipinski definition) is 0. The second-order valence-electron chi connectivity index (χ2n) is 5.01. The molecule has 6 nitrogen and oxygen atoms in total. The third kappa shape index (κ3) is 2.46. The van der Waals surface area contributed by atoms with Crippen LogP contribution in [0.4, 0.5) is 5.95 Å². The van der Waals surface area contributed by atoms with Crippen LogP contribution in [0.1, 0.15) is 0 Å². The highest BCUT2D eigenvalue weighted by Crippen LogP contribution is 2.30. The summed E-state index contributed by atoms with van der Waals surface area (Å²) in [6.45, 7) is 3.00. The van der Waals surface area contributed by atoms with E-state index in [0.717, 1.165) is 34.2 Å². The van der Waals surface area contributed by atoms with E-state index in [2.05, 4.69) is 36.0 Å². The SMILES string of the molecule is Brc1ccc2noc(-c3ccnc(N4CCOCC4)n3)c2c1. The molecule has 0 aliphatic carbocycles. The highest BCUT2D eigenvalue weighted by molar-refractivity contribution is 9.10. The van der Waals surface area contributed by atoms with Gasteiger partial charge in [0.2, 0.25) is 5.95 Å². The maximum atomic E-state index is 5.49. The zero-order valence-electron chi connectivity index (χ0n) is 11.7. The van der Waals surface area contributed by atoms with E-state index in [4.69, 9.17) is 9.26 Å². The van der Waals surface area contributed by atoms with Crippen LogP contribution in [-0.2, 0) is 4.74 Å². The van der Waals surface area contributed by atoms with E-state index in [1.54, 1.807) is 6.20 Å². The van der Waals surface area contributed by atoms with E-state index >= 15 is 0 Å². The average molecular weight is 361 g/mol. The lowest BCUT2D eigenvalue weighted by molar-refractivity contribution is 0.122. The molecule has 2 aromatic heterocycles. The Kier molecular flexibility index (Phi) is 3.51. The molecular weight excluding hydrogens is 348 g/mol. The second-order valence-corrected chi connectivity index (χ2v) is 5.93. The van der Waals surface area contributed by atoms with E-state index in [-0.39, 0.29) is 0 Å². The van der Waals surface area contributed by atoms with Gasteiger partial charge in [-0.2, -0.15) is 0 Å². The van der Waals surface area contributed by atoms with Crippen LogP contribution >= 0.6 is 15.9 Å². The maximum absolute atomic E-state index is 5.49. The van der Waals surface area contributed by atoms with Gasteiger partial charge in [0.25, 0.3) is 0 Å². The van der Waals surface area contributed by atoms with E-state index < -0.39 is 0 Å². The van der Waals surface area contributed by atoms with Gasteiger partial charge in [0.05, 0.1) is 18.6 Å². The number of rotatable bonds is 2. The highest BCUT2D eigenvalue weighted by Gasteiger charge is 2.17. The predicted molar refractivity (Wildman–Crippen MR) is 85.8 cm³/mol. The fourth-order valence-electron chi connectivity index (χ4n) is 2.49. The quantitative estimate of drug-likeness (QED) is 0.700. The molecule has 1 fully saturated rings. The molecule has 0 saturated carbocycles. The molecule has 0 unspecified atom stereocenters. The van der Waals surface area contributed by atoms with Crippen LogP contribution in [0.25, 0.3) is 22.4 Å². The lowest BCUT2D eigenvalue weighted by atomic mass is 10.2. The molecule has 0 radical (unpaired) electrons. The van der Waals surface area contributed by atoms with Crippen molar-refractivity contribution in [2.75, 3.05) is 31.2 Å². The van der Waals surface area contributed by atoms with Gasteiger partial charge < -0.3 is 14.2 Å². The van der Waals surface area contributed by atoms with Gasteiger partial charge in [0.1, 0.15) is 11.2 Å². The van der Waals surface area contributed by atoms with E-state index in [0.29, 0.717) is 24.9 Å². The summed E-state index contributed by atoms with van der Waals surface area (Å²) in [5, 5.41) is 5.02. The van der Waals surface area contributed by atoms with Crippen molar-refractivity contribution in [3.8, 4) is 11.5 Å². The number of nitrogens with zero attached hydrogens (tertiary/aromatic N) is 4. The molecule has 0 N–H and O–H groups in total. The van der Waals surface area contributed by atoms with Crippen LogP contribution in [-0.4, -0.2) is 41.4 Å². The van der Waals surface area contributed by atoms with Crippen molar-refractivity contribution >= 4 is 32.8 Å². The molecule has 1 aliphatic rings. The van der Waals surface area contributed by atoms with Crippen LogP contribution in [0.3, 0.4) is 0 Å². The van der Waals surface area contributed by atoms with Gasteiger partial charge in [-0.3, -0.25) is 0 Å². The lowest BCUT2D eigenvalue weighted by Gasteiger charge is -2.26. The minimum absolute atomic E-state index is 0.660. The Morgan fingerprint density at radius 2 is 2.00 bits per heavy atom. The number of benzene rings is 1. The molecule has 3 heterocycles. The van der Waals surface area contributed by atoms with Crippen molar-refractivity contribution in [1.29, 1.82) is 0 Å². The normalized spacial score (nSPS) is 15.4. The number of anilines is 1. The van der Waals surface area contributed by atoms with Crippen LogP contribution in [0, 0.1) is 0 Å². The fourth-order valence-corrected chi connectivity index (χ4v) is 2.85. The summed E-state index contributed by atoms with van der Waals surface area (Å²) in [4.78, 5) is 11.1. The molecule has 22 heavy (non-hydrogen) atoms. The van der Waals surface area contributed by atoms with Crippen molar-refractivity contribution in [2.45, 2.75) is 0 Å². The van der Waals surface area contributed by atoms with E-state index in [1.807, 2.05) is 24.3 Å². The molecular formula is C15H13BrN4O2. The molecule has 1 saturated heterocycles. The first-order valence-corrected chi connectivity index (χ1v) is 7.81. The minimum Gasteiger partial charge on any atom is -0.378 e. The van der Waals surface area contributed by atoms with Crippen molar-refractivity contribution in [1.82, 2.24) is 15.1 Å². The van der Waals surface area contributed by atoms with Crippen molar-refractivity contribution in [2.24, 2.45) is 0 Å². The van der Waals surface area contributed by atoms with Crippen molar-refractivity contribution in [3.63, 3.8) is 0 Å². The number of fused-ring (bicyclic) bond motifs is 1. The average Bonchev–Trinajstić information content (AvgIpc) is 2.99. The first-order valence-electron chi connectivity index (χ1n) is 7.02. The summed E-state index contributed by atoms with van der Waals surface area (Å²) in [6, 6.07) is 7.67. The van der Waals surface area contributed by atoms with Gasteiger partial charge in [0.15, 0.2) is 5.76 Å². The smallest absolute Gasteiger partial charge is 0.226 e. The standard InChI is InChI=1S/C15H13BrN4O2/c16-10-1-2-12-11(9-10)14(22-19-12)13-3-4-17-15(18-13)20-5-7-21-8-6-20/h1-4,9H,5-8H2. The van der Waals surface area contributed by atoms with E-state index in [9.17, 15) is 0 Å². The first-order chi connectivity index (χ1) is 10.8. The zero-order valence-corrected chi connectivity index (χ0v) is 13.3. The molecule has 1 aromatic carbocycles. The number of hydrogen-bond acceptors (Lipinski definition) is 6. The summed E-state index contributed by atoms with van der Waals surface area (Å²) in [7, 11) is 0. The highest BCUT2D eigenvalue weighted by atomic mass is 79.9. The molecule has 4 rings (SSSR count). The first kappa shape index (κ1) is 13.7. The Morgan fingerprint density at radius 3 is 2.86 bits per heavy atom. The Balaban J connectivity index is 1.76. The third-order valence-corrected chi connectivity index (χ3v) is 4.10. The van der Waals surface area contributed by atoms with Crippen LogP contribution in [0.15, 0.2) is 39.5 Å². The van der Waals surface area contributed by atoms with Crippen molar-refractivity contribution in [3.05, 3.63) is 34.9 Å². The summed E-state index contributed by atoms with van der Waals surface area (Å²) in [5.74, 6) is 1.36. The molecule has 112 valence electrons. The molecule has 0 amide bonds. The summed E-state index contributed by atoms with van der Waals surface area (Å²) >= 11 is 3.48. The van der Waals surface area contributed by atoms with Gasteiger partial charge in [0, 0.05) is 23.8 Å². The van der Waals surface area contributed by atoms with Gasteiger partial charge in [-0.15, -0.1) is 0 Å². The zero-order chi connectivity index (χ0) is 14.9. The molecule has 7 heteroatoms. The molecule has 0 bridgehead atoms. The second kappa shape index (κ2) is 5.66. The number of halogens is 1. The Hall–Kier alpha value is -1.99. The van der Waals surface area contributed by atoms with Crippen molar-refractivity contribution < 1.29 is 9.26 Å². The molecule has 1 aliphatic heterocycles. The Labute approximate surface area is 135 Å². The maximum Gasteiger partial charge on any atom is 0.226 e. The fraction of sp³-hybridized carbons (Fsp3) is 0.267. The molecule has 0 spiro atoms. The van der Waals surface area contributed by atoms with E-state index in [1.165, 1.54) is 0 Å². The summed E-state index contributed by atoms with van der Waals surface area (Å²) in [6.07, 6.45) is 1.75. The monoisotopic (exact) mass is 360 g/mol. The van der Waals surface area contributed by atoms with Crippen LogP contribution in [0.5, 0.6) is 0 Å². The topological polar surface area (TPSA) is 64.3 Å². The lowest BCUT2D eigenvalue weighted by Crippen LogP contribution is -2.37. The summed E-state index contributed by atoms with van der Waals surface area (Å²) < 4.78 is 11.8. The number of aromatic nitrogens is 3. The summed E-state index contributed by atoms with van der Waals surface area (Å²) in [5.41, 5.74) is 1.54. The number of morpholine rings is 1. The minimum atomic E-state index is 0.660. The molecule has 0 atom stereocenters. The predicted octanol–water partition coefficient (Wildman–Crippen LogP) is 2.88.